The van der Waals surface area contributed by atoms with Crippen LogP contribution in [0.15, 0.2) is 18.2 Å². The third-order valence-electron chi connectivity index (χ3n) is 7.41. The number of carbonyl (C=O) groups is 2. The zero-order valence-corrected chi connectivity index (χ0v) is 18.7. The van der Waals surface area contributed by atoms with Crippen molar-refractivity contribution in [3.8, 4) is 0 Å². The Hall–Kier alpha value is -2.34. The highest BCUT2D eigenvalue weighted by atomic mass is 16.2. The predicted molar refractivity (Wildman–Crippen MR) is 122 cm³/mol. The molecule has 1 aromatic carbocycles. The molecule has 0 spiro atoms. The molecule has 2 aliphatic heterocycles. The van der Waals surface area contributed by atoms with Crippen molar-refractivity contribution in [2.45, 2.75) is 45.4 Å². The molecule has 2 fully saturated rings. The second-order valence-electron chi connectivity index (χ2n) is 9.70. The van der Waals surface area contributed by atoms with E-state index < -0.39 is 0 Å². The second kappa shape index (κ2) is 8.65. The van der Waals surface area contributed by atoms with Crippen LogP contribution in [0.4, 0.5) is 0 Å². The number of aromatic amines is 1. The fourth-order valence-corrected chi connectivity index (χ4v) is 5.45. The summed E-state index contributed by atoms with van der Waals surface area (Å²) < 4.78 is 0. The molecule has 3 aliphatic rings. The lowest BCUT2D eigenvalue weighted by Crippen LogP contribution is -2.52. The zero-order chi connectivity index (χ0) is 21.4. The molecule has 166 valence electrons. The summed E-state index contributed by atoms with van der Waals surface area (Å²) in [5.74, 6) is 1.06. The molecule has 2 aromatic rings. The van der Waals surface area contributed by atoms with Crippen LogP contribution in [-0.4, -0.2) is 77.3 Å². The summed E-state index contributed by atoms with van der Waals surface area (Å²) in [6.07, 6.45) is 6.92. The molecule has 6 heteroatoms. The Bertz CT molecular complexity index is 967. The van der Waals surface area contributed by atoms with E-state index in [1.165, 1.54) is 29.5 Å². The third-order valence-corrected chi connectivity index (χ3v) is 7.41. The number of piperidine rings is 1. The average Bonchev–Trinajstić information content (AvgIpc) is 3.17. The Morgan fingerprint density at radius 1 is 1.00 bits per heavy atom. The van der Waals surface area contributed by atoms with Crippen LogP contribution in [0.3, 0.4) is 0 Å². The number of nitrogens with zero attached hydrogens (tertiary/aromatic N) is 3. The first-order valence-electron chi connectivity index (χ1n) is 12.0. The number of aryl methyl sites for hydroxylation is 1. The van der Waals surface area contributed by atoms with Crippen LogP contribution >= 0.6 is 0 Å². The number of piperazine rings is 1. The monoisotopic (exact) mass is 422 g/mol. The van der Waals surface area contributed by atoms with E-state index in [2.05, 4.69) is 28.9 Å². The van der Waals surface area contributed by atoms with Crippen molar-refractivity contribution in [2.75, 3.05) is 45.8 Å². The minimum atomic E-state index is 0.114. The van der Waals surface area contributed by atoms with Gasteiger partial charge in [-0.1, -0.05) is 6.92 Å². The Labute approximate surface area is 184 Å². The highest BCUT2D eigenvalue weighted by Gasteiger charge is 2.26. The molecule has 2 amide bonds. The van der Waals surface area contributed by atoms with Crippen LogP contribution in [-0.2, 0) is 17.6 Å². The Balaban J connectivity index is 1.22. The van der Waals surface area contributed by atoms with E-state index in [1.54, 1.807) is 0 Å². The molecular formula is C25H34N4O2. The maximum atomic E-state index is 13.2. The number of carbonyl (C=O) groups excluding carboxylic acids is 2. The average molecular weight is 423 g/mol. The van der Waals surface area contributed by atoms with Gasteiger partial charge in [0.15, 0.2) is 0 Å². The number of rotatable bonds is 3. The number of hydrogen-bond donors (Lipinski definition) is 1. The smallest absolute Gasteiger partial charge is 0.253 e. The van der Waals surface area contributed by atoms with Gasteiger partial charge in [-0.25, -0.2) is 0 Å². The number of hydrogen-bond acceptors (Lipinski definition) is 3. The van der Waals surface area contributed by atoms with Crippen molar-refractivity contribution in [3.63, 3.8) is 0 Å². The number of benzene rings is 1. The number of aromatic nitrogens is 1. The molecule has 1 N–H and O–H groups in total. The fraction of sp³-hybridized carbons (Fsp3) is 0.600. The summed E-state index contributed by atoms with van der Waals surface area (Å²) in [7, 11) is 0. The van der Waals surface area contributed by atoms with Gasteiger partial charge in [-0.05, 0) is 68.2 Å². The van der Waals surface area contributed by atoms with Crippen molar-refractivity contribution >= 4 is 22.7 Å². The number of fused-ring (bicyclic) bond motifs is 3. The molecule has 0 radical (unpaired) electrons. The normalized spacial score (nSPS) is 22.5. The van der Waals surface area contributed by atoms with Gasteiger partial charge in [0.25, 0.3) is 5.91 Å². The molecule has 5 rings (SSSR count). The van der Waals surface area contributed by atoms with Crippen molar-refractivity contribution in [2.24, 2.45) is 5.92 Å². The summed E-state index contributed by atoms with van der Waals surface area (Å²) in [4.78, 5) is 35.5. The third kappa shape index (κ3) is 4.22. The van der Waals surface area contributed by atoms with Crippen molar-refractivity contribution < 1.29 is 9.59 Å². The molecule has 1 aliphatic carbocycles. The summed E-state index contributed by atoms with van der Waals surface area (Å²) >= 11 is 0. The highest BCUT2D eigenvalue weighted by Crippen LogP contribution is 2.32. The summed E-state index contributed by atoms with van der Waals surface area (Å²) in [6.45, 7) is 7.52. The topological polar surface area (TPSA) is 59.7 Å². The molecule has 0 bridgehead atoms. The predicted octanol–water partition coefficient (Wildman–Crippen LogP) is 3.06. The van der Waals surface area contributed by atoms with Crippen LogP contribution in [0.5, 0.6) is 0 Å². The van der Waals surface area contributed by atoms with E-state index in [4.69, 9.17) is 0 Å². The first-order valence-corrected chi connectivity index (χ1v) is 12.0. The van der Waals surface area contributed by atoms with Gasteiger partial charge in [-0.15, -0.1) is 0 Å². The maximum Gasteiger partial charge on any atom is 0.253 e. The number of nitrogens with one attached hydrogen (secondary N) is 1. The summed E-state index contributed by atoms with van der Waals surface area (Å²) in [5.41, 5.74) is 4.69. The highest BCUT2D eigenvalue weighted by molar-refractivity contribution is 5.99. The molecule has 1 atom stereocenters. The Morgan fingerprint density at radius 2 is 1.77 bits per heavy atom. The molecule has 2 saturated heterocycles. The lowest BCUT2D eigenvalue weighted by molar-refractivity contribution is -0.133. The van der Waals surface area contributed by atoms with Crippen LogP contribution < -0.4 is 0 Å². The minimum absolute atomic E-state index is 0.114. The first-order chi connectivity index (χ1) is 15.1. The van der Waals surface area contributed by atoms with E-state index in [0.717, 1.165) is 62.9 Å². The van der Waals surface area contributed by atoms with Crippen LogP contribution in [0, 0.1) is 5.92 Å². The van der Waals surface area contributed by atoms with Gasteiger partial charge in [-0.3, -0.25) is 14.5 Å². The zero-order valence-electron chi connectivity index (χ0n) is 18.7. The SMILES string of the molecule is CC1CCc2[nH]c3ccc(C(=O)N4CCN(CC(=O)N5CCCCC5)CC4)cc3c2C1. The fourth-order valence-electron chi connectivity index (χ4n) is 5.45. The van der Waals surface area contributed by atoms with E-state index in [9.17, 15) is 9.59 Å². The van der Waals surface area contributed by atoms with Gasteiger partial charge < -0.3 is 14.8 Å². The van der Waals surface area contributed by atoms with E-state index in [-0.39, 0.29) is 11.8 Å². The largest absolute Gasteiger partial charge is 0.358 e. The van der Waals surface area contributed by atoms with E-state index in [1.807, 2.05) is 15.9 Å². The van der Waals surface area contributed by atoms with Gasteiger partial charge in [0.2, 0.25) is 5.91 Å². The lowest BCUT2D eigenvalue weighted by Gasteiger charge is -2.36. The van der Waals surface area contributed by atoms with E-state index >= 15 is 0 Å². The van der Waals surface area contributed by atoms with Crippen LogP contribution in [0.25, 0.3) is 10.9 Å². The molecule has 1 aromatic heterocycles. The molecule has 1 unspecified atom stereocenters. The van der Waals surface area contributed by atoms with Crippen LogP contribution in [0.1, 0.15) is 54.2 Å². The number of likely N-dealkylation sites (tertiary alicyclic amines) is 1. The van der Waals surface area contributed by atoms with Crippen molar-refractivity contribution in [1.29, 1.82) is 0 Å². The van der Waals surface area contributed by atoms with Crippen molar-refractivity contribution in [1.82, 2.24) is 19.7 Å². The van der Waals surface area contributed by atoms with E-state index in [0.29, 0.717) is 25.6 Å². The first kappa shape index (κ1) is 20.6. The molecular weight excluding hydrogens is 388 g/mol. The Kier molecular flexibility index (Phi) is 5.74. The number of amides is 2. The van der Waals surface area contributed by atoms with Gasteiger partial charge in [0, 0.05) is 61.4 Å². The standard InChI is InChI=1S/C25H34N4O2/c1-18-5-7-22-20(15-18)21-16-19(6-8-23(21)26-22)25(31)29-13-11-27(12-14-29)17-24(30)28-9-3-2-4-10-28/h6,8,16,18,26H,2-5,7,9-15,17H2,1H3. The Morgan fingerprint density at radius 3 is 2.55 bits per heavy atom. The summed E-state index contributed by atoms with van der Waals surface area (Å²) in [5, 5.41) is 1.22. The van der Waals surface area contributed by atoms with Gasteiger partial charge >= 0.3 is 0 Å². The summed E-state index contributed by atoms with van der Waals surface area (Å²) in [6, 6.07) is 6.12. The molecule has 6 nitrogen and oxygen atoms in total. The second-order valence-corrected chi connectivity index (χ2v) is 9.70. The minimum Gasteiger partial charge on any atom is -0.358 e. The van der Waals surface area contributed by atoms with Gasteiger partial charge in [0.05, 0.1) is 6.54 Å². The quantitative estimate of drug-likeness (QED) is 0.827. The maximum absolute atomic E-state index is 13.2. The number of H-pyrrole nitrogens is 1. The molecule has 31 heavy (non-hydrogen) atoms. The van der Waals surface area contributed by atoms with Gasteiger partial charge in [-0.2, -0.15) is 0 Å². The van der Waals surface area contributed by atoms with Crippen molar-refractivity contribution in [3.05, 3.63) is 35.0 Å². The molecule has 0 saturated carbocycles. The van der Waals surface area contributed by atoms with Gasteiger partial charge in [0.1, 0.15) is 0 Å². The van der Waals surface area contributed by atoms with Crippen LogP contribution in [0.2, 0.25) is 0 Å². The lowest BCUT2D eigenvalue weighted by atomic mass is 9.87. The molecule has 3 heterocycles.